The molecule has 27 heavy (non-hydrogen) atoms. The van der Waals surface area contributed by atoms with Crippen molar-refractivity contribution in [3.8, 4) is 6.07 Å². The molecule has 8 atom stereocenters. The van der Waals surface area contributed by atoms with E-state index in [2.05, 4.69) is 33.8 Å². The lowest BCUT2D eigenvalue weighted by atomic mass is 9.55. The lowest BCUT2D eigenvalue weighted by molar-refractivity contribution is -0.115. The fourth-order valence-corrected chi connectivity index (χ4v) is 7.93. The molecule has 3 saturated carbocycles. The molecule has 0 aromatic carbocycles. The van der Waals surface area contributed by atoms with Gasteiger partial charge in [0.25, 0.3) is 0 Å². The number of hydrogen-bond donors (Lipinski definition) is 0. The average Bonchev–Trinajstić information content (AvgIpc) is 3.45. The number of nitriles is 1. The maximum absolute atomic E-state index is 12.0. The molecule has 0 amide bonds. The molecule has 3 fully saturated rings. The van der Waals surface area contributed by atoms with Gasteiger partial charge in [0, 0.05) is 6.42 Å². The third kappa shape index (κ3) is 2.75. The van der Waals surface area contributed by atoms with E-state index in [1.165, 1.54) is 37.7 Å². The van der Waals surface area contributed by atoms with Crippen LogP contribution in [0.15, 0.2) is 11.6 Å². The van der Waals surface area contributed by atoms with Crippen molar-refractivity contribution in [1.29, 1.82) is 5.26 Å². The van der Waals surface area contributed by atoms with E-state index in [4.69, 9.17) is 0 Å². The summed E-state index contributed by atoms with van der Waals surface area (Å²) in [6, 6.07) is 2.82. The van der Waals surface area contributed by atoms with Crippen molar-refractivity contribution in [1.82, 2.24) is 0 Å². The van der Waals surface area contributed by atoms with E-state index in [1.807, 2.05) is 6.08 Å². The highest BCUT2D eigenvalue weighted by atomic mass is 16.1. The summed E-state index contributed by atoms with van der Waals surface area (Å²) in [5.74, 6) is 4.59. The van der Waals surface area contributed by atoms with Gasteiger partial charge in [0.2, 0.25) is 0 Å². The Hall–Kier alpha value is -1.10. The van der Waals surface area contributed by atoms with Gasteiger partial charge in [0.05, 0.1) is 11.5 Å². The number of hydrogen-bond acceptors (Lipinski definition) is 2. The molecule has 0 saturated heterocycles. The van der Waals surface area contributed by atoms with Gasteiger partial charge in [-0.15, -0.1) is 0 Å². The molecule has 0 N–H and O–H groups in total. The van der Waals surface area contributed by atoms with Crippen LogP contribution in [0.2, 0.25) is 0 Å². The minimum absolute atomic E-state index is 0.133. The van der Waals surface area contributed by atoms with E-state index in [9.17, 15) is 10.1 Å². The van der Waals surface area contributed by atoms with Crippen LogP contribution in [-0.2, 0) is 4.79 Å². The largest absolute Gasteiger partial charge is 0.295 e. The molecule has 0 spiro atoms. The van der Waals surface area contributed by atoms with Crippen LogP contribution in [0.1, 0.15) is 85.5 Å². The second-order valence-electron chi connectivity index (χ2n) is 10.5. The fraction of sp³-hybridized carbons (Fsp3) is 0.840. The SMILES string of the molecule is CC[C@H]1CC2=CC(=O)CC[C@@H]2[C@@H](CC[C@@]2(CC)[C@H](C)[C@@H]3C[C@@H]3[C@]2(C)C#N)C1. The van der Waals surface area contributed by atoms with Gasteiger partial charge in [-0.25, -0.2) is 0 Å². The zero-order valence-electron chi connectivity index (χ0n) is 17.8. The Labute approximate surface area is 165 Å². The summed E-state index contributed by atoms with van der Waals surface area (Å²) in [6.45, 7) is 9.36. The van der Waals surface area contributed by atoms with Crippen LogP contribution in [0.3, 0.4) is 0 Å². The van der Waals surface area contributed by atoms with Crippen LogP contribution in [0.4, 0.5) is 0 Å². The number of rotatable bonds is 5. The van der Waals surface area contributed by atoms with Crippen LogP contribution in [0, 0.1) is 57.7 Å². The summed E-state index contributed by atoms with van der Waals surface area (Å²) < 4.78 is 0. The summed E-state index contributed by atoms with van der Waals surface area (Å²) in [5, 5.41) is 10.1. The second-order valence-corrected chi connectivity index (χ2v) is 10.5. The van der Waals surface area contributed by atoms with Crippen molar-refractivity contribution in [2.24, 2.45) is 46.3 Å². The summed E-state index contributed by atoms with van der Waals surface area (Å²) >= 11 is 0. The monoisotopic (exact) mass is 367 g/mol. The Morgan fingerprint density at radius 1 is 1.30 bits per heavy atom. The minimum atomic E-state index is -0.133. The number of carbonyl (C=O) groups is 1. The van der Waals surface area contributed by atoms with Gasteiger partial charge in [-0.1, -0.05) is 32.8 Å². The van der Waals surface area contributed by atoms with E-state index in [0.717, 1.165) is 43.4 Å². The van der Waals surface area contributed by atoms with Gasteiger partial charge < -0.3 is 0 Å². The Bertz CT molecular complexity index is 687. The summed E-state index contributed by atoms with van der Waals surface area (Å²) in [6.07, 6.45) is 12.4. The highest BCUT2D eigenvalue weighted by molar-refractivity contribution is 5.91. The summed E-state index contributed by atoms with van der Waals surface area (Å²) in [5.41, 5.74) is 1.53. The van der Waals surface area contributed by atoms with Gasteiger partial charge in [0.15, 0.2) is 5.78 Å². The van der Waals surface area contributed by atoms with E-state index in [1.54, 1.807) is 0 Å². The van der Waals surface area contributed by atoms with E-state index < -0.39 is 0 Å². The highest BCUT2D eigenvalue weighted by Gasteiger charge is 2.71. The molecular weight excluding hydrogens is 330 g/mol. The van der Waals surface area contributed by atoms with E-state index >= 15 is 0 Å². The summed E-state index contributed by atoms with van der Waals surface area (Å²) in [7, 11) is 0. The zero-order valence-corrected chi connectivity index (χ0v) is 17.8. The Morgan fingerprint density at radius 3 is 2.74 bits per heavy atom. The van der Waals surface area contributed by atoms with Crippen LogP contribution in [0.5, 0.6) is 0 Å². The molecule has 148 valence electrons. The number of nitrogens with zero attached hydrogens (tertiary/aromatic N) is 1. The molecule has 0 heterocycles. The van der Waals surface area contributed by atoms with Crippen molar-refractivity contribution in [2.45, 2.75) is 85.5 Å². The Morgan fingerprint density at radius 2 is 2.07 bits per heavy atom. The Kier molecular flexibility index (Phi) is 4.81. The van der Waals surface area contributed by atoms with Gasteiger partial charge in [-0.2, -0.15) is 5.26 Å². The first-order chi connectivity index (χ1) is 12.9. The molecule has 4 aliphatic rings. The van der Waals surface area contributed by atoms with Crippen molar-refractivity contribution in [3.05, 3.63) is 11.6 Å². The van der Waals surface area contributed by atoms with Gasteiger partial charge in [-0.05, 0) is 98.9 Å². The second kappa shape index (κ2) is 6.75. The number of ketones is 1. The van der Waals surface area contributed by atoms with Crippen LogP contribution < -0.4 is 0 Å². The van der Waals surface area contributed by atoms with Crippen LogP contribution in [-0.4, -0.2) is 5.78 Å². The van der Waals surface area contributed by atoms with Gasteiger partial charge >= 0.3 is 0 Å². The summed E-state index contributed by atoms with van der Waals surface area (Å²) in [4.78, 5) is 12.0. The van der Waals surface area contributed by atoms with E-state index in [0.29, 0.717) is 23.5 Å². The number of allylic oxidation sites excluding steroid dienone is 2. The van der Waals surface area contributed by atoms with Crippen LogP contribution >= 0.6 is 0 Å². The quantitative estimate of drug-likeness (QED) is 0.570. The predicted octanol–water partition coefficient (Wildman–Crippen LogP) is 6.32. The molecule has 4 rings (SSSR count). The predicted molar refractivity (Wildman–Crippen MR) is 109 cm³/mol. The molecule has 4 aliphatic carbocycles. The lowest BCUT2D eigenvalue weighted by Gasteiger charge is -2.47. The van der Waals surface area contributed by atoms with Crippen LogP contribution in [0.25, 0.3) is 0 Å². The maximum Gasteiger partial charge on any atom is 0.155 e. The molecule has 0 radical (unpaired) electrons. The number of carbonyl (C=O) groups excluding carboxylic acids is 1. The first kappa shape index (κ1) is 19.2. The van der Waals surface area contributed by atoms with Crippen molar-refractivity contribution < 1.29 is 4.79 Å². The normalized spacial score (nSPS) is 48.4. The molecule has 2 heteroatoms. The Balaban J connectivity index is 1.55. The molecule has 0 unspecified atom stereocenters. The molecule has 0 aromatic heterocycles. The minimum Gasteiger partial charge on any atom is -0.295 e. The zero-order chi connectivity index (χ0) is 19.4. The van der Waals surface area contributed by atoms with Crippen molar-refractivity contribution in [2.75, 3.05) is 0 Å². The number of fused-ring (bicyclic) bond motifs is 2. The maximum atomic E-state index is 12.0. The third-order valence-corrected chi connectivity index (χ3v) is 9.79. The van der Waals surface area contributed by atoms with Crippen molar-refractivity contribution >= 4 is 5.78 Å². The van der Waals surface area contributed by atoms with Gasteiger partial charge in [-0.3, -0.25) is 4.79 Å². The molecular formula is C25H37NO. The first-order valence-corrected chi connectivity index (χ1v) is 11.5. The molecule has 0 aromatic rings. The molecule has 0 bridgehead atoms. The molecule has 2 nitrogen and oxygen atoms in total. The molecule has 0 aliphatic heterocycles. The highest BCUT2D eigenvalue weighted by Crippen LogP contribution is 2.75. The third-order valence-electron chi connectivity index (χ3n) is 9.79. The smallest absolute Gasteiger partial charge is 0.155 e. The average molecular weight is 368 g/mol. The topological polar surface area (TPSA) is 40.9 Å². The van der Waals surface area contributed by atoms with Gasteiger partial charge in [0.1, 0.15) is 0 Å². The fourth-order valence-electron chi connectivity index (χ4n) is 7.93. The lowest BCUT2D eigenvalue weighted by Crippen LogP contribution is -2.42. The first-order valence-electron chi connectivity index (χ1n) is 11.5. The standard InChI is InChI=1S/C25H37NO/c1-5-17-11-18(21-8-7-20(27)13-19(21)12-17)9-10-25(6-2)16(3)22-14-23(22)24(25,4)15-26/h13,16-18,21-23H,5-12,14H2,1-4H3/t16-,17-,18+,21-,22+,23+,24+,25+/m1/s1. The van der Waals surface area contributed by atoms with Crippen molar-refractivity contribution in [3.63, 3.8) is 0 Å². The van der Waals surface area contributed by atoms with E-state index in [-0.39, 0.29) is 10.8 Å².